The van der Waals surface area contributed by atoms with E-state index >= 15 is 0 Å². The Morgan fingerprint density at radius 2 is 2.10 bits per heavy atom. The molecular formula is C19H22N4O4S2. The van der Waals surface area contributed by atoms with E-state index in [0.29, 0.717) is 33.9 Å². The number of carbonyl (C=O) groups is 2. The third-order valence-electron chi connectivity index (χ3n) is 4.22. The molecular weight excluding hydrogens is 412 g/mol. The second-order valence-electron chi connectivity index (χ2n) is 6.07. The van der Waals surface area contributed by atoms with Crippen LogP contribution < -0.4 is 5.32 Å². The van der Waals surface area contributed by atoms with Crippen LogP contribution in [0.1, 0.15) is 34.6 Å². The van der Waals surface area contributed by atoms with E-state index < -0.39 is 5.97 Å². The lowest BCUT2D eigenvalue weighted by atomic mass is 10.1. The number of hydrogen-bond donors (Lipinski definition) is 1. The smallest absolute Gasteiger partial charge is 0.341 e. The van der Waals surface area contributed by atoms with Crippen molar-refractivity contribution in [2.45, 2.75) is 39.4 Å². The van der Waals surface area contributed by atoms with Gasteiger partial charge in [-0.15, -0.1) is 21.5 Å². The molecule has 0 radical (unpaired) electrons. The Morgan fingerprint density at radius 1 is 1.31 bits per heavy atom. The van der Waals surface area contributed by atoms with Crippen LogP contribution >= 0.6 is 23.1 Å². The van der Waals surface area contributed by atoms with Crippen LogP contribution in [-0.4, -0.2) is 39.0 Å². The molecule has 3 aromatic rings. The minimum Gasteiger partial charge on any atom is -0.462 e. The SMILES string of the molecule is CCOC(=O)c1c(NC(=O)CSc2nnc(-c3ccco3)n2CC)sc(C)c1C. The van der Waals surface area contributed by atoms with Gasteiger partial charge in [-0.25, -0.2) is 4.79 Å². The summed E-state index contributed by atoms with van der Waals surface area (Å²) in [4.78, 5) is 25.7. The van der Waals surface area contributed by atoms with Gasteiger partial charge in [-0.2, -0.15) is 0 Å². The van der Waals surface area contributed by atoms with Crippen LogP contribution in [0.2, 0.25) is 0 Å². The fraction of sp³-hybridized carbons (Fsp3) is 0.368. The van der Waals surface area contributed by atoms with Gasteiger partial charge in [0, 0.05) is 11.4 Å². The molecule has 0 aliphatic carbocycles. The van der Waals surface area contributed by atoms with Gasteiger partial charge in [0.25, 0.3) is 0 Å². The number of nitrogens with one attached hydrogen (secondary N) is 1. The average molecular weight is 435 g/mol. The molecule has 0 atom stereocenters. The second-order valence-corrected chi connectivity index (χ2v) is 8.24. The first kappa shape index (κ1) is 21.1. The van der Waals surface area contributed by atoms with Crippen LogP contribution in [0, 0.1) is 13.8 Å². The Balaban J connectivity index is 1.70. The fourth-order valence-corrected chi connectivity index (χ4v) is 4.59. The number of thiophene rings is 1. The summed E-state index contributed by atoms with van der Waals surface area (Å²) in [6.45, 7) is 8.41. The van der Waals surface area contributed by atoms with Crippen molar-refractivity contribution in [2.24, 2.45) is 0 Å². The highest BCUT2D eigenvalue weighted by Gasteiger charge is 2.22. The number of thioether (sulfide) groups is 1. The Labute approximate surface area is 176 Å². The number of aromatic nitrogens is 3. The molecule has 0 fully saturated rings. The molecule has 0 unspecified atom stereocenters. The molecule has 0 spiro atoms. The maximum Gasteiger partial charge on any atom is 0.341 e. The summed E-state index contributed by atoms with van der Waals surface area (Å²) in [5.74, 6) is 0.723. The van der Waals surface area contributed by atoms with Gasteiger partial charge >= 0.3 is 5.97 Å². The molecule has 154 valence electrons. The summed E-state index contributed by atoms with van der Waals surface area (Å²) in [6, 6.07) is 3.60. The molecule has 3 rings (SSSR count). The van der Waals surface area contributed by atoms with Crippen molar-refractivity contribution in [1.82, 2.24) is 14.8 Å². The Kier molecular flexibility index (Phi) is 6.75. The number of carbonyl (C=O) groups excluding carboxylic acids is 2. The van der Waals surface area contributed by atoms with Gasteiger partial charge in [0.15, 0.2) is 16.7 Å². The topological polar surface area (TPSA) is 99.2 Å². The van der Waals surface area contributed by atoms with Crippen LogP contribution in [0.15, 0.2) is 28.0 Å². The van der Waals surface area contributed by atoms with E-state index in [1.807, 2.05) is 31.4 Å². The van der Waals surface area contributed by atoms with Crippen molar-refractivity contribution in [3.05, 3.63) is 34.4 Å². The molecule has 29 heavy (non-hydrogen) atoms. The predicted octanol–water partition coefficient (Wildman–Crippen LogP) is 4.14. The van der Waals surface area contributed by atoms with Crippen molar-refractivity contribution < 1.29 is 18.7 Å². The fourth-order valence-electron chi connectivity index (χ4n) is 2.73. The predicted molar refractivity (Wildman–Crippen MR) is 113 cm³/mol. The van der Waals surface area contributed by atoms with Crippen LogP contribution in [-0.2, 0) is 16.1 Å². The summed E-state index contributed by atoms with van der Waals surface area (Å²) in [5.41, 5.74) is 1.25. The van der Waals surface area contributed by atoms with Gasteiger partial charge < -0.3 is 14.5 Å². The lowest BCUT2D eigenvalue weighted by Crippen LogP contribution is -2.17. The first-order chi connectivity index (χ1) is 14.0. The lowest BCUT2D eigenvalue weighted by molar-refractivity contribution is -0.113. The monoisotopic (exact) mass is 434 g/mol. The zero-order valence-corrected chi connectivity index (χ0v) is 18.3. The highest BCUT2D eigenvalue weighted by molar-refractivity contribution is 7.99. The number of hydrogen-bond acceptors (Lipinski definition) is 8. The summed E-state index contributed by atoms with van der Waals surface area (Å²) in [7, 11) is 0. The van der Waals surface area contributed by atoms with E-state index in [9.17, 15) is 9.59 Å². The Hall–Kier alpha value is -2.59. The van der Waals surface area contributed by atoms with Gasteiger partial charge in [-0.3, -0.25) is 9.36 Å². The number of esters is 1. The molecule has 3 aromatic heterocycles. The van der Waals surface area contributed by atoms with E-state index in [1.165, 1.54) is 23.1 Å². The zero-order valence-electron chi connectivity index (χ0n) is 16.6. The number of aryl methyl sites for hydroxylation is 1. The normalized spacial score (nSPS) is 10.9. The Morgan fingerprint density at radius 3 is 2.76 bits per heavy atom. The first-order valence-electron chi connectivity index (χ1n) is 9.13. The van der Waals surface area contributed by atoms with E-state index in [4.69, 9.17) is 9.15 Å². The molecule has 10 heteroatoms. The van der Waals surface area contributed by atoms with Crippen molar-refractivity contribution in [1.29, 1.82) is 0 Å². The molecule has 0 bridgehead atoms. The number of ether oxygens (including phenoxy) is 1. The zero-order chi connectivity index (χ0) is 21.0. The van der Waals surface area contributed by atoms with Gasteiger partial charge in [-0.05, 0) is 45.4 Å². The van der Waals surface area contributed by atoms with E-state index in [1.54, 1.807) is 19.3 Å². The minimum atomic E-state index is -0.425. The molecule has 0 aliphatic rings. The highest BCUT2D eigenvalue weighted by atomic mass is 32.2. The molecule has 1 N–H and O–H groups in total. The third kappa shape index (κ3) is 4.54. The van der Waals surface area contributed by atoms with Crippen LogP contribution in [0.4, 0.5) is 5.00 Å². The standard InChI is InChI=1S/C19H22N4O4S2/c1-5-23-16(13-8-7-9-27-13)21-22-19(23)28-10-14(24)20-17-15(18(25)26-6-2)11(3)12(4)29-17/h7-9H,5-6,10H2,1-4H3,(H,20,24). The molecule has 0 aromatic carbocycles. The number of anilines is 1. The van der Waals surface area contributed by atoms with E-state index in [2.05, 4.69) is 15.5 Å². The van der Waals surface area contributed by atoms with Gasteiger partial charge in [0.1, 0.15) is 5.00 Å². The Bertz CT molecular complexity index is 1010. The average Bonchev–Trinajstić information content (AvgIpc) is 3.40. The van der Waals surface area contributed by atoms with Crippen molar-refractivity contribution in [3.8, 4) is 11.6 Å². The van der Waals surface area contributed by atoms with E-state index in [-0.39, 0.29) is 18.3 Å². The number of furan rings is 1. The second kappa shape index (κ2) is 9.27. The van der Waals surface area contributed by atoms with Crippen LogP contribution in [0.3, 0.4) is 0 Å². The van der Waals surface area contributed by atoms with Gasteiger partial charge in [0.2, 0.25) is 5.91 Å². The van der Waals surface area contributed by atoms with Crippen molar-refractivity contribution in [2.75, 3.05) is 17.7 Å². The summed E-state index contributed by atoms with van der Waals surface area (Å²) < 4.78 is 12.4. The molecule has 0 saturated carbocycles. The molecule has 8 nitrogen and oxygen atoms in total. The molecule has 0 saturated heterocycles. The third-order valence-corrected chi connectivity index (χ3v) is 6.31. The largest absolute Gasteiger partial charge is 0.462 e. The van der Waals surface area contributed by atoms with Gasteiger partial charge in [-0.1, -0.05) is 11.8 Å². The number of nitrogens with zero attached hydrogens (tertiary/aromatic N) is 3. The maximum atomic E-state index is 12.5. The molecule has 1 amide bonds. The lowest BCUT2D eigenvalue weighted by Gasteiger charge is -2.08. The highest BCUT2D eigenvalue weighted by Crippen LogP contribution is 2.33. The minimum absolute atomic E-state index is 0.133. The van der Waals surface area contributed by atoms with E-state index in [0.717, 1.165) is 10.4 Å². The molecule has 3 heterocycles. The molecule has 0 aliphatic heterocycles. The van der Waals surface area contributed by atoms with Crippen LogP contribution in [0.25, 0.3) is 11.6 Å². The quantitative estimate of drug-likeness (QED) is 0.420. The first-order valence-corrected chi connectivity index (χ1v) is 10.9. The summed E-state index contributed by atoms with van der Waals surface area (Å²) >= 11 is 2.64. The number of rotatable bonds is 8. The van der Waals surface area contributed by atoms with Crippen molar-refractivity contribution in [3.63, 3.8) is 0 Å². The number of amides is 1. The van der Waals surface area contributed by atoms with Crippen LogP contribution in [0.5, 0.6) is 0 Å². The summed E-state index contributed by atoms with van der Waals surface area (Å²) in [5, 5.41) is 12.3. The van der Waals surface area contributed by atoms with Gasteiger partial charge in [0.05, 0.1) is 24.2 Å². The summed E-state index contributed by atoms with van der Waals surface area (Å²) in [6.07, 6.45) is 1.58. The van der Waals surface area contributed by atoms with Crippen molar-refractivity contribution >= 4 is 40.0 Å². The maximum absolute atomic E-state index is 12.5.